The third-order valence-electron chi connectivity index (χ3n) is 4.26. The Hall–Kier alpha value is -1.06. The fourth-order valence-electron chi connectivity index (χ4n) is 3.09. The second kappa shape index (κ2) is 5.72. The second-order valence-corrected chi connectivity index (χ2v) is 5.81. The van der Waals surface area contributed by atoms with Gasteiger partial charge in [-0.25, -0.2) is 0 Å². The first-order valence-corrected chi connectivity index (χ1v) is 7.12. The summed E-state index contributed by atoms with van der Waals surface area (Å²) in [5.74, 6) is 1.24. The van der Waals surface area contributed by atoms with Crippen LogP contribution in [0.15, 0.2) is 0 Å². The van der Waals surface area contributed by atoms with Crippen molar-refractivity contribution in [3.05, 3.63) is 0 Å². The van der Waals surface area contributed by atoms with Crippen molar-refractivity contribution in [1.29, 1.82) is 0 Å². The first-order chi connectivity index (χ1) is 8.58. The van der Waals surface area contributed by atoms with Gasteiger partial charge < -0.3 is 9.80 Å². The Labute approximate surface area is 109 Å². The molecule has 2 aliphatic rings. The molecule has 0 N–H and O–H groups in total. The van der Waals surface area contributed by atoms with E-state index in [1.807, 2.05) is 9.80 Å². The van der Waals surface area contributed by atoms with E-state index < -0.39 is 0 Å². The summed E-state index contributed by atoms with van der Waals surface area (Å²) in [5.41, 5.74) is 0. The summed E-state index contributed by atoms with van der Waals surface area (Å²) >= 11 is 0. The zero-order chi connectivity index (χ0) is 13.1. The van der Waals surface area contributed by atoms with Gasteiger partial charge in [0.2, 0.25) is 11.8 Å². The first kappa shape index (κ1) is 13.4. The molecule has 0 bridgehead atoms. The summed E-state index contributed by atoms with van der Waals surface area (Å²) in [4.78, 5) is 27.5. The lowest BCUT2D eigenvalue weighted by atomic mass is 9.93. The molecule has 2 saturated heterocycles. The predicted molar refractivity (Wildman–Crippen MR) is 70.0 cm³/mol. The molecule has 0 aliphatic carbocycles. The quantitative estimate of drug-likeness (QED) is 0.709. The first-order valence-electron chi connectivity index (χ1n) is 7.12. The van der Waals surface area contributed by atoms with E-state index in [2.05, 4.69) is 6.92 Å². The highest BCUT2D eigenvalue weighted by Crippen LogP contribution is 2.23. The SMILES string of the molecule is CC(=O)N1CCC(C(=O)N2CCCC(C)C2)CC1. The highest BCUT2D eigenvalue weighted by Gasteiger charge is 2.30. The number of rotatable bonds is 1. The van der Waals surface area contributed by atoms with Gasteiger partial charge in [0.1, 0.15) is 0 Å². The monoisotopic (exact) mass is 252 g/mol. The van der Waals surface area contributed by atoms with E-state index in [9.17, 15) is 9.59 Å². The van der Waals surface area contributed by atoms with Gasteiger partial charge in [-0.05, 0) is 31.6 Å². The van der Waals surface area contributed by atoms with Crippen LogP contribution in [0.25, 0.3) is 0 Å². The molecule has 4 nitrogen and oxygen atoms in total. The minimum atomic E-state index is 0.132. The molecular weight excluding hydrogens is 228 g/mol. The molecule has 2 fully saturated rings. The largest absolute Gasteiger partial charge is 0.343 e. The summed E-state index contributed by atoms with van der Waals surface area (Å²) in [6, 6.07) is 0. The Morgan fingerprint density at radius 3 is 2.22 bits per heavy atom. The Bertz CT molecular complexity index is 322. The zero-order valence-corrected chi connectivity index (χ0v) is 11.5. The van der Waals surface area contributed by atoms with Crippen molar-refractivity contribution >= 4 is 11.8 Å². The molecule has 2 heterocycles. The molecule has 2 aliphatic heterocycles. The summed E-state index contributed by atoms with van der Waals surface area (Å²) in [6.45, 7) is 7.17. The molecule has 0 aromatic carbocycles. The maximum Gasteiger partial charge on any atom is 0.225 e. The third-order valence-corrected chi connectivity index (χ3v) is 4.26. The maximum absolute atomic E-state index is 12.4. The summed E-state index contributed by atoms with van der Waals surface area (Å²) < 4.78 is 0. The highest BCUT2D eigenvalue weighted by molar-refractivity contribution is 5.79. The number of nitrogens with zero attached hydrogens (tertiary/aromatic N) is 2. The number of carbonyl (C=O) groups is 2. The van der Waals surface area contributed by atoms with E-state index in [1.54, 1.807) is 6.92 Å². The van der Waals surface area contributed by atoms with E-state index in [1.165, 1.54) is 6.42 Å². The Morgan fingerprint density at radius 2 is 1.67 bits per heavy atom. The highest BCUT2D eigenvalue weighted by atomic mass is 16.2. The summed E-state index contributed by atoms with van der Waals surface area (Å²) in [7, 11) is 0. The Morgan fingerprint density at radius 1 is 1.00 bits per heavy atom. The van der Waals surface area contributed by atoms with Crippen LogP contribution in [0.4, 0.5) is 0 Å². The lowest BCUT2D eigenvalue weighted by Crippen LogP contribution is -2.46. The normalized spacial score (nSPS) is 26.2. The van der Waals surface area contributed by atoms with Crippen molar-refractivity contribution in [2.75, 3.05) is 26.2 Å². The lowest BCUT2D eigenvalue weighted by Gasteiger charge is -2.36. The number of hydrogen-bond donors (Lipinski definition) is 0. The van der Waals surface area contributed by atoms with Crippen molar-refractivity contribution in [1.82, 2.24) is 9.80 Å². The number of piperidine rings is 2. The average Bonchev–Trinajstić information content (AvgIpc) is 2.38. The van der Waals surface area contributed by atoms with Crippen molar-refractivity contribution in [2.24, 2.45) is 11.8 Å². The second-order valence-electron chi connectivity index (χ2n) is 5.81. The van der Waals surface area contributed by atoms with Gasteiger partial charge in [0, 0.05) is 39.0 Å². The molecule has 0 radical (unpaired) electrons. The molecule has 2 rings (SSSR count). The van der Waals surface area contributed by atoms with E-state index in [0.29, 0.717) is 11.8 Å². The van der Waals surface area contributed by atoms with E-state index in [-0.39, 0.29) is 11.8 Å². The van der Waals surface area contributed by atoms with Gasteiger partial charge in [0.15, 0.2) is 0 Å². The van der Waals surface area contributed by atoms with Crippen molar-refractivity contribution in [3.8, 4) is 0 Å². The number of amides is 2. The predicted octanol–water partition coefficient (Wildman–Crippen LogP) is 1.50. The van der Waals surface area contributed by atoms with Gasteiger partial charge in [-0.2, -0.15) is 0 Å². The molecule has 1 atom stereocenters. The number of likely N-dealkylation sites (tertiary alicyclic amines) is 2. The lowest BCUT2D eigenvalue weighted by molar-refractivity contribution is -0.141. The standard InChI is InChI=1S/C14H24N2O2/c1-11-4-3-7-16(10-11)14(18)13-5-8-15(9-6-13)12(2)17/h11,13H,3-10H2,1-2H3. The van der Waals surface area contributed by atoms with Crippen molar-refractivity contribution in [2.45, 2.75) is 39.5 Å². The molecule has 1 unspecified atom stereocenters. The number of hydrogen-bond acceptors (Lipinski definition) is 2. The molecule has 0 spiro atoms. The fourth-order valence-corrected chi connectivity index (χ4v) is 3.09. The van der Waals surface area contributed by atoms with E-state index in [0.717, 1.165) is 45.4 Å². The number of carbonyl (C=O) groups excluding carboxylic acids is 2. The van der Waals surface area contributed by atoms with Crippen LogP contribution in [-0.2, 0) is 9.59 Å². The average molecular weight is 252 g/mol. The summed E-state index contributed by atoms with van der Waals surface area (Å²) in [5, 5.41) is 0. The minimum Gasteiger partial charge on any atom is -0.343 e. The maximum atomic E-state index is 12.4. The molecule has 2 amide bonds. The zero-order valence-electron chi connectivity index (χ0n) is 11.5. The van der Waals surface area contributed by atoms with Crippen LogP contribution >= 0.6 is 0 Å². The molecule has 0 saturated carbocycles. The summed E-state index contributed by atoms with van der Waals surface area (Å²) in [6.07, 6.45) is 4.05. The molecule has 0 aromatic heterocycles. The van der Waals surface area contributed by atoms with Gasteiger partial charge in [-0.3, -0.25) is 9.59 Å². The van der Waals surface area contributed by atoms with Crippen LogP contribution in [0, 0.1) is 11.8 Å². The molecular formula is C14H24N2O2. The minimum absolute atomic E-state index is 0.132. The van der Waals surface area contributed by atoms with E-state index >= 15 is 0 Å². The van der Waals surface area contributed by atoms with Crippen LogP contribution in [0.2, 0.25) is 0 Å². The van der Waals surface area contributed by atoms with Crippen molar-refractivity contribution < 1.29 is 9.59 Å². The topological polar surface area (TPSA) is 40.6 Å². The van der Waals surface area contributed by atoms with Gasteiger partial charge in [0.25, 0.3) is 0 Å². The Kier molecular flexibility index (Phi) is 4.25. The van der Waals surface area contributed by atoms with Crippen LogP contribution in [0.3, 0.4) is 0 Å². The van der Waals surface area contributed by atoms with Crippen LogP contribution in [0.1, 0.15) is 39.5 Å². The molecule has 4 heteroatoms. The van der Waals surface area contributed by atoms with Crippen LogP contribution in [0.5, 0.6) is 0 Å². The van der Waals surface area contributed by atoms with Gasteiger partial charge in [0.05, 0.1) is 0 Å². The van der Waals surface area contributed by atoms with Crippen LogP contribution < -0.4 is 0 Å². The van der Waals surface area contributed by atoms with Gasteiger partial charge in [-0.1, -0.05) is 6.92 Å². The molecule has 0 aromatic rings. The van der Waals surface area contributed by atoms with Gasteiger partial charge >= 0.3 is 0 Å². The fraction of sp³-hybridized carbons (Fsp3) is 0.857. The smallest absolute Gasteiger partial charge is 0.225 e. The Balaban J connectivity index is 1.85. The van der Waals surface area contributed by atoms with E-state index in [4.69, 9.17) is 0 Å². The van der Waals surface area contributed by atoms with Gasteiger partial charge in [-0.15, -0.1) is 0 Å². The van der Waals surface area contributed by atoms with Crippen LogP contribution in [-0.4, -0.2) is 47.8 Å². The van der Waals surface area contributed by atoms with Crippen molar-refractivity contribution in [3.63, 3.8) is 0 Å². The molecule has 102 valence electrons. The molecule has 18 heavy (non-hydrogen) atoms. The third kappa shape index (κ3) is 3.03.